The van der Waals surface area contributed by atoms with Crippen molar-refractivity contribution in [1.82, 2.24) is 20.1 Å². The minimum absolute atomic E-state index is 0.0454. The van der Waals surface area contributed by atoms with E-state index in [1.54, 1.807) is 25.2 Å². The first-order valence-corrected chi connectivity index (χ1v) is 6.98. The van der Waals surface area contributed by atoms with E-state index in [2.05, 4.69) is 22.3 Å². The van der Waals surface area contributed by atoms with Crippen LogP contribution in [0.2, 0.25) is 0 Å². The van der Waals surface area contributed by atoms with E-state index in [1.165, 1.54) is 0 Å². The van der Waals surface area contributed by atoms with E-state index in [4.69, 9.17) is 9.47 Å². The molecule has 0 spiro atoms. The zero-order valence-corrected chi connectivity index (χ0v) is 13.0. The molecule has 1 N–H and O–H groups in total. The summed E-state index contributed by atoms with van der Waals surface area (Å²) in [5.74, 6) is 2.53. The molecule has 0 fully saturated rings. The molecule has 1 aromatic heterocycles. The third kappa shape index (κ3) is 3.33. The number of ether oxygens (including phenoxy) is 2. The third-order valence-corrected chi connectivity index (χ3v) is 3.46. The van der Waals surface area contributed by atoms with Crippen molar-refractivity contribution in [2.45, 2.75) is 19.4 Å². The Bertz CT molecular complexity index is 561. The highest BCUT2D eigenvalue weighted by molar-refractivity contribution is 5.47. The van der Waals surface area contributed by atoms with Crippen LogP contribution in [0, 0.1) is 0 Å². The molecule has 0 aliphatic heterocycles. The van der Waals surface area contributed by atoms with Crippen LogP contribution in [0.1, 0.15) is 24.4 Å². The van der Waals surface area contributed by atoms with Crippen LogP contribution in [0.15, 0.2) is 24.5 Å². The van der Waals surface area contributed by atoms with Gasteiger partial charge in [0.15, 0.2) is 0 Å². The largest absolute Gasteiger partial charge is 0.496 e. The van der Waals surface area contributed by atoms with Gasteiger partial charge in [0.1, 0.15) is 23.7 Å². The fourth-order valence-electron chi connectivity index (χ4n) is 2.43. The zero-order chi connectivity index (χ0) is 15.2. The smallest absolute Gasteiger partial charge is 0.138 e. The van der Waals surface area contributed by atoms with E-state index in [-0.39, 0.29) is 6.04 Å². The first kappa shape index (κ1) is 15.3. The molecule has 6 nitrogen and oxygen atoms in total. The van der Waals surface area contributed by atoms with Crippen molar-refractivity contribution in [3.8, 4) is 11.5 Å². The van der Waals surface area contributed by atoms with Gasteiger partial charge in [0, 0.05) is 19.5 Å². The predicted octanol–water partition coefficient (Wildman–Crippen LogP) is 1.73. The number of benzene rings is 1. The third-order valence-electron chi connectivity index (χ3n) is 3.46. The van der Waals surface area contributed by atoms with Crippen LogP contribution in [0.4, 0.5) is 0 Å². The van der Waals surface area contributed by atoms with Gasteiger partial charge >= 0.3 is 0 Å². The second-order valence-electron chi connectivity index (χ2n) is 4.69. The molecule has 114 valence electrons. The summed E-state index contributed by atoms with van der Waals surface area (Å²) in [5.41, 5.74) is 1.01. The van der Waals surface area contributed by atoms with E-state index in [9.17, 15) is 0 Å². The minimum Gasteiger partial charge on any atom is -0.496 e. The van der Waals surface area contributed by atoms with Gasteiger partial charge in [0.25, 0.3) is 0 Å². The van der Waals surface area contributed by atoms with Gasteiger partial charge in [-0.05, 0) is 18.7 Å². The number of nitrogens with zero attached hydrogens (tertiary/aromatic N) is 3. The van der Waals surface area contributed by atoms with Crippen LogP contribution in [0.25, 0.3) is 0 Å². The fraction of sp³-hybridized carbons (Fsp3) is 0.467. The summed E-state index contributed by atoms with van der Waals surface area (Å²) < 4.78 is 12.8. The van der Waals surface area contributed by atoms with Gasteiger partial charge in [-0.25, -0.2) is 4.98 Å². The van der Waals surface area contributed by atoms with Crippen molar-refractivity contribution in [2.24, 2.45) is 7.05 Å². The van der Waals surface area contributed by atoms with Gasteiger partial charge in [0.2, 0.25) is 0 Å². The van der Waals surface area contributed by atoms with Gasteiger partial charge in [-0.2, -0.15) is 5.10 Å². The summed E-state index contributed by atoms with van der Waals surface area (Å²) in [7, 11) is 5.23. The van der Waals surface area contributed by atoms with Crippen molar-refractivity contribution < 1.29 is 9.47 Å². The van der Waals surface area contributed by atoms with Crippen molar-refractivity contribution in [3.05, 3.63) is 35.9 Å². The quantitative estimate of drug-likeness (QED) is 0.841. The lowest BCUT2D eigenvalue weighted by Crippen LogP contribution is -2.25. The maximum Gasteiger partial charge on any atom is 0.138 e. The molecule has 0 saturated heterocycles. The Hall–Kier alpha value is -2.08. The topological polar surface area (TPSA) is 61.2 Å². The Kier molecular flexibility index (Phi) is 5.16. The Morgan fingerprint density at radius 1 is 1.24 bits per heavy atom. The molecule has 1 atom stereocenters. The summed E-state index contributed by atoms with van der Waals surface area (Å²) in [5, 5.41) is 7.60. The van der Waals surface area contributed by atoms with Crippen LogP contribution in [-0.2, 0) is 13.5 Å². The van der Waals surface area contributed by atoms with Crippen LogP contribution in [0.5, 0.6) is 11.5 Å². The number of hydrogen-bond donors (Lipinski definition) is 1. The van der Waals surface area contributed by atoms with E-state index in [0.717, 1.165) is 29.4 Å². The Morgan fingerprint density at radius 3 is 2.38 bits per heavy atom. The molecule has 6 heteroatoms. The average Bonchev–Trinajstić information content (AvgIpc) is 2.91. The fourth-order valence-corrected chi connectivity index (χ4v) is 2.43. The molecule has 0 bridgehead atoms. The van der Waals surface area contributed by atoms with Crippen molar-refractivity contribution in [1.29, 1.82) is 0 Å². The summed E-state index contributed by atoms with van der Waals surface area (Å²) in [4.78, 5) is 4.30. The summed E-state index contributed by atoms with van der Waals surface area (Å²) in [6, 6.07) is 5.86. The lowest BCUT2D eigenvalue weighted by molar-refractivity contribution is 0.369. The van der Waals surface area contributed by atoms with Crippen LogP contribution < -0.4 is 14.8 Å². The second kappa shape index (κ2) is 7.08. The normalized spacial score (nSPS) is 12.2. The first-order valence-electron chi connectivity index (χ1n) is 6.98. The van der Waals surface area contributed by atoms with E-state index >= 15 is 0 Å². The monoisotopic (exact) mass is 290 g/mol. The molecule has 2 aromatic rings. The molecular formula is C15H22N4O2. The van der Waals surface area contributed by atoms with Gasteiger partial charge in [0.05, 0.1) is 19.8 Å². The number of aryl methyl sites for hydroxylation is 1. The van der Waals surface area contributed by atoms with E-state index in [0.29, 0.717) is 6.42 Å². The lowest BCUT2D eigenvalue weighted by atomic mass is 10.0. The van der Waals surface area contributed by atoms with E-state index in [1.807, 2.05) is 25.2 Å². The number of methoxy groups -OCH3 is 2. The van der Waals surface area contributed by atoms with Crippen LogP contribution in [0.3, 0.4) is 0 Å². The Labute approximate surface area is 125 Å². The SMILES string of the molecule is CCNC(Cc1ncnn1C)c1c(OC)cccc1OC. The van der Waals surface area contributed by atoms with E-state index < -0.39 is 0 Å². The zero-order valence-electron chi connectivity index (χ0n) is 13.0. The van der Waals surface area contributed by atoms with Gasteiger partial charge in [-0.15, -0.1) is 0 Å². The average molecular weight is 290 g/mol. The van der Waals surface area contributed by atoms with Gasteiger partial charge in [-0.1, -0.05) is 13.0 Å². The highest BCUT2D eigenvalue weighted by Gasteiger charge is 2.22. The maximum absolute atomic E-state index is 5.50. The number of aromatic nitrogens is 3. The van der Waals surface area contributed by atoms with Crippen molar-refractivity contribution in [3.63, 3.8) is 0 Å². The molecule has 0 amide bonds. The van der Waals surface area contributed by atoms with Crippen molar-refractivity contribution >= 4 is 0 Å². The number of likely N-dealkylation sites (N-methyl/N-ethyl adjacent to an activating group) is 1. The van der Waals surface area contributed by atoms with Crippen molar-refractivity contribution in [2.75, 3.05) is 20.8 Å². The summed E-state index contributed by atoms with van der Waals surface area (Å²) in [6.07, 6.45) is 2.28. The Morgan fingerprint density at radius 2 is 1.90 bits per heavy atom. The molecule has 1 aromatic carbocycles. The highest BCUT2D eigenvalue weighted by atomic mass is 16.5. The van der Waals surface area contributed by atoms with Gasteiger partial charge < -0.3 is 14.8 Å². The first-order chi connectivity index (χ1) is 10.2. The number of rotatable bonds is 7. The standard InChI is InChI=1S/C15H22N4O2/c1-5-16-11(9-14-17-10-18-19(14)2)15-12(20-3)7-6-8-13(15)21-4/h6-8,10-11,16H,5,9H2,1-4H3. The van der Waals surface area contributed by atoms with Crippen LogP contribution in [-0.4, -0.2) is 35.5 Å². The Balaban J connectivity index is 2.40. The molecule has 1 unspecified atom stereocenters. The molecule has 0 saturated carbocycles. The predicted molar refractivity (Wildman–Crippen MR) is 80.7 cm³/mol. The highest BCUT2D eigenvalue weighted by Crippen LogP contribution is 2.35. The maximum atomic E-state index is 5.50. The molecular weight excluding hydrogens is 268 g/mol. The number of hydrogen-bond acceptors (Lipinski definition) is 5. The van der Waals surface area contributed by atoms with Crippen LogP contribution >= 0.6 is 0 Å². The molecule has 2 rings (SSSR count). The summed E-state index contributed by atoms with van der Waals surface area (Å²) in [6.45, 7) is 2.91. The summed E-state index contributed by atoms with van der Waals surface area (Å²) >= 11 is 0. The number of nitrogens with one attached hydrogen (secondary N) is 1. The molecule has 0 aliphatic carbocycles. The molecule has 1 heterocycles. The second-order valence-corrected chi connectivity index (χ2v) is 4.69. The minimum atomic E-state index is 0.0454. The lowest BCUT2D eigenvalue weighted by Gasteiger charge is -2.22. The molecule has 0 aliphatic rings. The van der Waals surface area contributed by atoms with Gasteiger partial charge in [-0.3, -0.25) is 4.68 Å². The molecule has 21 heavy (non-hydrogen) atoms. The molecule has 0 radical (unpaired) electrons.